The number of rotatable bonds is 6. The molecule has 0 fully saturated rings. The van der Waals surface area contributed by atoms with Crippen molar-refractivity contribution in [2.75, 3.05) is 43.8 Å². The van der Waals surface area contributed by atoms with Gasteiger partial charge in [-0.2, -0.15) is 0 Å². The van der Waals surface area contributed by atoms with E-state index in [0.29, 0.717) is 12.4 Å². The molecule has 6 nitrogen and oxygen atoms in total. The van der Waals surface area contributed by atoms with Gasteiger partial charge in [-0.1, -0.05) is 12.1 Å². The van der Waals surface area contributed by atoms with E-state index < -0.39 is 0 Å². The zero-order chi connectivity index (χ0) is 15.2. The predicted molar refractivity (Wildman–Crippen MR) is 86.3 cm³/mol. The number of hydrogen-bond donors (Lipinski definition) is 2. The maximum atomic E-state index is 5.11. The third-order valence-electron chi connectivity index (χ3n) is 2.95. The topological polar surface area (TPSA) is 62.3 Å². The van der Waals surface area contributed by atoms with Crippen LogP contribution in [-0.2, 0) is 11.3 Å². The zero-order valence-electron chi connectivity index (χ0n) is 12.8. The van der Waals surface area contributed by atoms with Gasteiger partial charge in [0.1, 0.15) is 18.2 Å². The lowest BCUT2D eigenvalue weighted by molar-refractivity contribution is 0.178. The number of hydrogen-bond acceptors (Lipinski definition) is 6. The quantitative estimate of drug-likeness (QED) is 0.851. The Kier molecular flexibility index (Phi) is 4.94. The van der Waals surface area contributed by atoms with Crippen LogP contribution in [0, 0.1) is 0 Å². The first-order valence-corrected chi connectivity index (χ1v) is 6.72. The van der Waals surface area contributed by atoms with Crippen LogP contribution >= 0.6 is 0 Å². The van der Waals surface area contributed by atoms with Crippen LogP contribution in [0.4, 0.5) is 23.0 Å². The molecule has 0 atom stereocenters. The summed E-state index contributed by atoms with van der Waals surface area (Å²) < 4.78 is 5.11. The molecule has 21 heavy (non-hydrogen) atoms. The van der Waals surface area contributed by atoms with E-state index in [1.807, 2.05) is 45.4 Å². The van der Waals surface area contributed by atoms with Crippen molar-refractivity contribution in [2.24, 2.45) is 0 Å². The summed E-state index contributed by atoms with van der Waals surface area (Å²) in [6.45, 7) is 0.375. The summed E-state index contributed by atoms with van der Waals surface area (Å²) in [6.07, 6.45) is 0. The maximum Gasteiger partial charge on any atom is 0.158 e. The third-order valence-corrected chi connectivity index (χ3v) is 2.95. The van der Waals surface area contributed by atoms with Crippen LogP contribution in [0.25, 0.3) is 0 Å². The second-order valence-corrected chi connectivity index (χ2v) is 4.77. The van der Waals surface area contributed by atoms with E-state index in [4.69, 9.17) is 4.74 Å². The number of nitrogens with one attached hydrogen (secondary N) is 2. The number of ether oxygens (including phenoxy) is 1. The minimum Gasteiger partial charge on any atom is -0.377 e. The first kappa shape index (κ1) is 15.1. The molecule has 0 saturated carbocycles. The van der Waals surface area contributed by atoms with E-state index in [9.17, 15) is 0 Å². The molecule has 2 rings (SSSR count). The van der Waals surface area contributed by atoms with E-state index in [1.54, 1.807) is 7.11 Å². The largest absolute Gasteiger partial charge is 0.377 e. The fourth-order valence-corrected chi connectivity index (χ4v) is 1.99. The third kappa shape index (κ3) is 3.82. The van der Waals surface area contributed by atoms with Gasteiger partial charge in [0.15, 0.2) is 5.82 Å². The lowest BCUT2D eigenvalue weighted by Crippen LogP contribution is -2.11. The molecular weight excluding hydrogens is 266 g/mol. The molecule has 1 aromatic carbocycles. The van der Waals surface area contributed by atoms with Crippen LogP contribution < -0.4 is 15.5 Å². The van der Waals surface area contributed by atoms with Crippen molar-refractivity contribution in [1.82, 2.24) is 9.97 Å². The van der Waals surface area contributed by atoms with Crippen LogP contribution in [0.5, 0.6) is 0 Å². The van der Waals surface area contributed by atoms with Crippen LogP contribution in [0.15, 0.2) is 30.3 Å². The molecule has 1 aromatic heterocycles. The van der Waals surface area contributed by atoms with Gasteiger partial charge in [0.05, 0.1) is 11.4 Å². The average Bonchev–Trinajstić information content (AvgIpc) is 2.47. The molecular formula is C15H21N5O. The highest BCUT2D eigenvalue weighted by molar-refractivity contribution is 5.74. The van der Waals surface area contributed by atoms with Gasteiger partial charge in [-0.3, -0.25) is 0 Å². The minimum absolute atomic E-state index is 0.375. The fourth-order valence-electron chi connectivity index (χ4n) is 1.99. The lowest BCUT2D eigenvalue weighted by atomic mass is 10.2. The van der Waals surface area contributed by atoms with Gasteiger partial charge in [0, 0.05) is 34.3 Å². The predicted octanol–water partition coefficient (Wildman–Crippen LogP) is 2.47. The average molecular weight is 287 g/mol. The van der Waals surface area contributed by atoms with Gasteiger partial charge in [0.25, 0.3) is 0 Å². The van der Waals surface area contributed by atoms with Crippen LogP contribution in [-0.4, -0.2) is 38.2 Å². The van der Waals surface area contributed by atoms with Crippen molar-refractivity contribution >= 4 is 23.0 Å². The SMILES string of the molecule is CNc1cc(Nc2ccccc2N(C)C)nc(COC)n1. The van der Waals surface area contributed by atoms with Gasteiger partial charge >= 0.3 is 0 Å². The highest BCUT2D eigenvalue weighted by atomic mass is 16.5. The number of para-hydroxylation sites is 2. The molecule has 0 aliphatic carbocycles. The zero-order valence-corrected chi connectivity index (χ0v) is 12.8. The summed E-state index contributed by atoms with van der Waals surface area (Å²) in [7, 11) is 7.48. The molecule has 0 aliphatic rings. The molecule has 0 saturated heterocycles. The van der Waals surface area contributed by atoms with E-state index in [0.717, 1.165) is 23.0 Å². The van der Waals surface area contributed by atoms with Crippen LogP contribution in [0.3, 0.4) is 0 Å². The van der Waals surface area contributed by atoms with Crippen LogP contribution in [0.1, 0.15) is 5.82 Å². The number of anilines is 4. The van der Waals surface area contributed by atoms with Gasteiger partial charge in [-0.15, -0.1) is 0 Å². The molecule has 0 bridgehead atoms. The molecule has 112 valence electrons. The van der Waals surface area contributed by atoms with E-state index in [1.165, 1.54) is 0 Å². The second kappa shape index (κ2) is 6.90. The Balaban J connectivity index is 2.32. The molecule has 2 N–H and O–H groups in total. The summed E-state index contributed by atoms with van der Waals surface area (Å²) in [4.78, 5) is 10.9. The standard InChI is InChI=1S/C15H21N5O/c1-16-13-9-14(19-15(18-13)10-21-4)17-11-7-5-6-8-12(11)20(2)3/h5-9H,10H2,1-4H3,(H2,16,17,18,19). The Labute approximate surface area is 125 Å². The van der Waals surface area contributed by atoms with E-state index in [-0.39, 0.29) is 0 Å². The Morgan fingerprint density at radius 1 is 1.14 bits per heavy atom. The molecule has 0 spiro atoms. The van der Waals surface area contributed by atoms with Gasteiger partial charge in [-0.05, 0) is 12.1 Å². The molecule has 0 radical (unpaired) electrons. The summed E-state index contributed by atoms with van der Waals surface area (Å²) >= 11 is 0. The van der Waals surface area contributed by atoms with Gasteiger partial charge in [-0.25, -0.2) is 9.97 Å². The second-order valence-electron chi connectivity index (χ2n) is 4.77. The smallest absolute Gasteiger partial charge is 0.158 e. The number of nitrogens with zero attached hydrogens (tertiary/aromatic N) is 3. The van der Waals surface area contributed by atoms with Crippen molar-refractivity contribution in [3.8, 4) is 0 Å². The minimum atomic E-state index is 0.375. The first-order chi connectivity index (χ1) is 10.1. The fraction of sp³-hybridized carbons (Fsp3) is 0.333. The molecule has 6 heteroatoms. The highest BCUT2D eigenvalue weighted by Gasteiger charge is 2.07. The van der Waals surface area contributed by atoms with E-state index in [2.05, 4.69) is 31.6 Å². The first-order valence-electron chi connectivity index (χ1n) is 6.72. The molecule has 1 heterocycles. The molecule has 2 aromatic rings. The molecule has 0 unspecified atom stereocenters. The van der Waals surface area contributed by atoms with Gasteiger partial charge in [0.2, 0.25) is 0 Å². The van der Waals surface area contributed by atoms with Crippen molar-refractivity contribution in [3.63, 3.8) is 0 Å². The van der Waals surface area contributed by atoms with Crippen molar-refractivity contribution in [2.45, 2.75) is 6.61 Å². The molecule has 0 amide bonds. The Morgan fingerprint density at radius 3 is 2.52 bits per heavy atom. The Hall–Kier alpha value is -2.34. The van der Waals surface area contributed by atoms with Gasteiger partial charge < -0.3 is 20.3 Å². The summed E-state index contributed by atoms with van der Waals surface area (Å²) in [6, 6.07) is 9.94. The number of methoxy groups -OCH3 is 1. The van der Waals surface area contributed by atoms with Crippen molar-refractivity contribution in [1.29, 1.82) is 0 Å². The van der Waals surface area contributed by atoms with Crippen molar-refractivity contribution in [3.05, 3.63) is 36.2 Å². The summed E-state index contributed by atoms with van der Waals surface area (Å²) in [5, 5.41) is 6.37. The Morgan fingerprint density at radius 2 is 1.86 bits per heavy atom. The normalized spacial score (nSPS) is 10.3. The molecule has 0 aliphatic heterocycles. The Bertz CT molecular complexity index is 600. The van der Waals surface area contributed by atoms with Crippen LogP contribution in [0.2, 0.25) is 0 Å². The summed E-state index contributed by atoms with van der Waals surface area (Å²) in [5.41, 5.74) is 2.09. The highest BCUT2D eigenvalue weighted by Crippen LogP contribution is 2.27. The number of aromatic nitrogens is 2. The van der Waals surface area contributed by atoms with Crippen molar-refractivity contribution < 1.29 is 4.74 Å². The number of benzene rings is 1. The maximum absolute atomic E-state index is 5.11. The van der Waals surface area contributed by atoms with E-state index >= 15 is 0 Å². The summed E-state index contributed by atoms with van der Waals surface area (Å²) in [5.74, 6) is 2.12. The lowest BCUT2D eigenvalue weighted by Gasteiger charge is -2.18. The monoisotopic (exact) mass is 287 g/mol.